The summed E-state index contributed by atoms with van der Waals surface area (Å²) in [5, 5.41) is 0. The van der Waals surface area contributed by atoms with Crippen LogP contribution in [0.25, 0.3) is 0 Å². The highest BCUT2D eigenvalue weighted by atomic mass is 16.5. The van der Waals surface area contributed by atoms with E-state index in [-0.39, 0.29) is 0 Å². The molecule has 0 aromatic rings. The first-order chi connectivity index (χ1) is 6.21. The maximum atomic E-state index is 5.16. The zero-order chi connectivity index (χ0) is 11.2. The Bertz CT molecular complexity index is 121. The molecular weight excluding hydrogens is 176 g/mol. The van der Waals surface area contributed by atoms with Crippen LogP contribution in [0.1, 0.15) is 12.8 Å². The van der Waals surface area contributed by atoms with Gasteiger partial charge >= 0.3 is 0 Å². The van der Waals surface area contributed by atoms with Crippen LogP contribution < -0.4 is 0 Å². The lowest BCUT2D eigenvalue weighted by Gasteiger charge is -2.19. The van der Waals surface area contributed by atoms with Gasteiger partial charge in [0.15, 0.2) is 0 Å². The third kappa shape index (κ3) is 11.9. The van der Waals surface area contributed by atoms with Crippen molar-refractivity contribution >= 4 is 0 Å². The van der Waals surface area contributed by atoms with Gasteiger partial charge in [0.05, 0.1) is 11.2 Å². The Morgan fingerprint density at radius 2 is 0.929 bits per heavy atom. The van der Waals surface area contributed by atoms with Crippen molar-refractivity contribution in [3.8, 4) is 0 Å². The summed E-state index contributed by atoms with van der Waals surface area (Å²) in [6.07, 6.45) is 1.34. The SMILES string of the molecule is [CH]C([CH])([CH])OCCCCOC([CH])([CH])[CH]. The molecule has 0 aliphatic rings. The number of rotatable bonds is 7. The van der Waals surface area contributed by atoms with Gasteiger partial charge in [0.25, 0.3) is 0 Å². The third-order valence-corrected chi connectivity index (χ3v) is 1.24. The topological polar surface area (TPSA) is 18.5 Å². The van der Waals surface area contributed by atoms with Crippen LogP contribution in [-0.4, -0.2) is 24.4 Å². The fourth-order valence-electron chi connectivity index (χ4n) is 0.702. The second-order valence-electron chi connectivity index (χ2n) is 3.11. The summed E-state index contributed by atoms with van der Waals surface area (Å²) in [6.45, 7) is 31.6. The molecule has 0 spiro atoms. The molecule has 0 bridgehead atoms. The molecular formula is C12H14O2. The quantitative estimate of drug-likeness (QED) is 0.567. The molecule has 0 fully saturated rings. The minimum atomic E-state index is -1.58. The van der Waals surface area contributed by atoms with Crippen molar-refractivity contribution in [2.75, 3.05) is 13.2 Å². The zero-order valence-corrected chi connectivity index (χ0v) is 8.11. The lowest BCUT2D eigenvalue weighted by Crippen LogP contribution is -2.23. The predicted octanol–water partition coefficient (Wildman–Crippen LogP) is 1.54. The van der Waals surface area contributed by atoms with Crippen LogP contribution in [0.5, 0.6) is 0 Å². The Labute approximate surface area is 89.0 Å². The number of hydrogen-bond acceptors (Lipinski definition) is 2. The Kier molecular flexibility index (Phi) is 5.68. The van der Waals surface area contributed by atoms with Gasteiger partial charge in [0.2, 0.25) is 0 Å². The van der Waals surface area contributed by atoms with Gasteiger partial charge in [0.1, 0.15) is 0 Å². The van der Waals surface area contributed by atoms with Crippen molar-refractivity contribution in [3.05, 3.63) is 41.5 Å². The minimum Gasteiger partial charge on any atom is -0.374 e. The van der Waals surface area contributed by atoms with Gasteiger partial charge in [-0.2, -0.15) is 0 Å². The fraction of sp³-hybridized carbons (Fsp3) is 0.500. The van der Waals surface area contributed by atoms with E-state index < -0.39 is 11.2 Å². The largest absolute Gasteiger partial charge is 0.374 e. The first-order valence-corrected chi connectivity index (χ1v) is 4.22. The van der Waals surface area contributed by atoms with E-state index in [0.717, 1.165) is 0 Å². The molecule has 0 N–H and O–H groups in total. The Morgan fingerprint density at radius 3 is 1.14 bits per heavy atom. The van der Waals surface area contributed by atoms with E-state index in [1.165, 1.54) is 0 Å². The van der Waals surface area contributed by atoms with Gasteiger partial charge in [-0.05, 0) is 12.8 Å². The second kappa shape index (κ2) is 5.72. The summed E-state index contributed by atoms with van der Waals surface area (Å²) in [6, 6.07) is 0. The first-order valence-electron chi connectivity index (χ1n) is 4.22. The molecule has 0 amide bonds. The molecule has 2 nitrogen and oxygen atoms in total. The van der Waals surface area contributed by atoms with Gasteiger partial charge < -0.3 is 9.47 Å². The molecule has 0 heterocycles. The molecule has 0 aromatic carbocycles. The highest BCUT2D eigenvalue weighted by Crippen LogP contribution is 2.08. The van der Waals surface area contributed by atoms with E-state index in [9.17, 15) is 0 Å². The lowest BCUT2D eigenvalue weighted by atomic mass is 10.2. The summed E-state index contributed by atoms with van der Waals surface area (Å²) in [5.41, 5.74) is -3.17. The molecule has 0 aliphatic heterocycles. The molecule has 0 saturated carbocycles. The molecule has 12 radical (unpaired) electrons. The molecule has 74 valence electrons. The Morgan fingerprint density at radius 1 is 0.643 bits per heavy atom. The molecule has 2 heteroatoms. The van der Waals surface area contributed by atoms with Gasteiger partial charge in [0, 0.05) is 54.8 Å². The van der Waals surface area contributed by atoms with Crippen molar-refractivity contribution in [2.24, 2.45) is 0 Å². The molecule has 0 saturated heterocycles. The average molecular weight is 190 g/mol. The van der Waals surface area contributed by atoms with Gasteiger partial charge in [-0.3, -0.25) is 0 Å². The normalized spacial score (nSPS) is 13.3. The van der Waals surface area contributed by atoms with Crippen molar-refractivity contribution < 1.29 is 9.47 Å². The number of hydrogen-bond donors (Lipinski definition) is 0. The van der Waals surface area contributed by atoms with Crippen LogP contribution >= 0.6 is 0 Å². The van der Waals surface area contributed by atoms with Crippen LogP contribution in [0.3, 0.4) is 0 Å². The third-order valence-electron chi connectivity index (χ3n) is 1.24. The summed E-state index contributed by atoms with van der Waals surface area (Å²) in [7, 11) is 0. The summed E-state index contributed by atoms with van der Waals surface area (Å²) >= 11 is 0. The molecule has 0 aliphatic carbocycles. The van der Waals surface area contributed by atoms with E-state index in [1.807, 2.05) is 0 Å². The zero-order valence-electron chi connectivity index (χ0n) is 8.11. The maximum Gasteiger partial charge on any atom is 0.0789 e. The van der Waals surface area contributed by atoms with Crippen molar-refractivity contribution in [1.29, 1.82) is 0 Å². The highest BCUT2D eigenvalue weighted by Gasteiger charge is 2.12. The monoisotopic (exact) mass is 190 g/mol. The summed E-state index contributed by atoms with van der Waals surface area (Å²) in [4.78, 5) is 0. The average Bonchev–Trinajstić information content (AvgIpc) is 1.92. The van der Waals surface area contributed by atoms with Crippen LogP contribution in [0.2, 0.25) is 0 Å². The van der Waals surface area contributed by atoms with Crippen molar-refractivity contribution in [2.45, 2.75) is 24.0 Å². The fourth-order valence-corrected chi connectivity index (χ4v) is 0.702. The smallest absolute Gasteiger partial charge is 0.0789 e. The van der Waals surface area contributed by atoms with E-state index in [4.69, 9.17) is 51.0 Å². The Balaban J connectivity index is 3.23. The van der Waals surface area contributed by atoms with E-state index in [0.29, 0.717) is 26.1 Å². The molecule has 0 aromatic heterocycles. The minimum absolute atomic E-state index is 0.333. The lowest BCUT2D eigenvalue weighted by molar-refractivity contribution is 0.0308. The van der Waals surface area contributed by atoms with Crippen LogP contribution in [0.4, 0.5) is 0 Å². The second-order valence-corrected chi connectivity index (χ2v) is 3.11. The van der Waals surface area contributed by atoms with E-state index >= 15 is 0 Å². The molecule has 0 atom stereocenters. The van der Waals surface area contributed by atoms with Crippen molar-refractivity contribution in [3.63, 3.8) is 0 Å². The molecule has 0 unspecified atom stereocenters. The molecule has 14 heavy (non-hydrogen) atoms. The predicted molar refractivity (Wildman–Crippen MR) is 52.4 cm³/mol. The highest BCUT2D eigenvalue weighted by molar-refractivity contribution is 4.89. The van der Waals surface area contributed by atoms with Crippen LogP contribution in [0.15, 0.2) is 0 Å². The van der Waals surface area contributed by atoms with Crippen molar-refractivity contribution in [1.82, 2.24) is 0 Å². The summed E-state index contributed by atoms with van der Waals surface area (Å²) < 4.78 is 9.69. The maximum absolute atomic E-state index is 5.16. The van der Waals surface area contributed by atoms with Crippen LogP contribution in [0, 0.1) is 41.5 Å². The van der Waals surface area contributed by atoms with Gasteiger partial charge in [-0.25, -0.2) is 0 Å². The first kappa shape index (κ1) is 13.9. The summed E-state index contributed by atoms with van der Waals surface area (Å²) in [5.74, 6) is 0. The van der Waals surface area contributed by atoms with E-state index in [1.54, 1.807) is 0 Å². The van der Waals surface area contributed by atoms with Gasteiger partial charge in [-0.15, -0.1) is 0 Å². The number of ether oxygens (including phenoxy) is 2. The van der Waals surface area contributed by atoms with E-state index in [2.05, 4.69) is 0 Å². The van der Waals surface area contributed by atoms with Crippen LogP contribution in [-0.2, 0) is 9.47 Å². The number of unbranched alkanes of at least 4 members (excludes halogenated alkanes) is 1. The van der Waals surface area contributed by atoms with Gasteiger partial charge in [-0.1, -0.05) is 0 Å². The molecule has 0 rings (SSSR count). The Hall–Kier alpha value is -0.0800. The standard InChI is InChI=1S/C12H14O2/c1-11(2,3)13-9-7-8-10-14-12(4,5)6/h1-6H,7-10H2.